The van der Waals surface area contributed by atoms with Gasteiger partial charge in [0.05, 0.1) is 0 Å². The summed E-state index contributed by atoms with van der Waals surface area (Å²) >= 11 is 0. The molecule has 4 rings (SSSR count). The van der Waals surface area contributed by atoms with Crippen molar-refractivity contribution in [3.8, 4) is 11.5 Å². The van der Waals surface area contributed by atoms with E-state index in [9.17, 15) is 9.59 Å². The first-order valence-electron chi connectivity index (χ1n) is 8.41. The first-order chi connectivity index (χ1) is 12.1. The maximum Gasteiger partial charge on any atom is 0.335 e. The molecule has 1 saturated carbocycles. The number of carbonyl (C=O) groups excluding carboxylic acids is 2. The predicted molar refractivity (Wildman–Crippen MR) is 94.9 cm³/mol. The van der Waals surface area contributed by atoms with E-state index in [1.165, 1.54) is 12.2 Å². The lowest BCUT2D eigenvalue weighted by Crippen LogP contribution is -2.12. The van der Waals surface area contributed by atoms with Crippen molar-refractivity contribution in [1.82, 2.24) is 0 Å². The van der Waals surface area contributed by atoms with Gasteiger partial charge in [0.2, 0.25) is 0 Å². The molecule has 0 heterocycles. The summed E-state index contributed by atoms with van der Waals surface area (Å²) in [4.78, 5) is 23.8. The normalized spacial score (nSPS) is 20.2. The highest BCUT2D eigenvalue weighted by molar-refractivity contribution is 6.01. The maximum absolute atomic E-state index is 11.9. The Morgan fingerprint density at radius 2 is 1.32 bits per heavy atom. The second-order valence-corrected chi connectivity index (χ2v) is 6.49. The lowest BCUT2D eigenvalue weighted by molar-refractivity contribution is -0.130. The largest absolute Gasteiger partial charge is 0.422 e. The molecule has 2 atom stereocenters. The third-order valence-electron chi connectivity index (χ3n) is 5.18. The van der Waals surface area contributed by atoms with E-state index in [-0.39, 0.29) is 0 Å². The summed E-state index contributed by atoms with van der Waals surface area (Å²) in [5.74, 6) is 0.871. The van der Waals surface area contributed by atoms with Crippen molar-refractivity contribution in [3.63, 3.8) is 0 Å². The van der Waals surface area contributed by atoms with E-state index in [0.29, 0.717) is 23.3 Å². The third kappa shape index (κ3) is 2.37. The molecule has 2 aliphatic carbocycles. The maximum atomic E-state index is 11.9. The molecule has 1 fully saturated rings. The van der Waals surface area contributed by atoms with Crippen LogP contribution in [0, 0.1) is 0 Å². The van der Waals surface area contributed by atoms with E-state index < -0.39 is 11.9 Å². The van der Waals surface area contributed by atoms with Crippen LogP contribution < -0.4 is 9.47 Å². The number of hydrogen-bond donors (Lipinski definition) is 0. The molecule has 2 aromatic rings. The molecule has 25 heavy (non-hydrogen) atoms. The van der Waals surface area contributed by atoms with Crippen LogP contribution in [-0.2, 0) is 9.59 Å². The molecular weight excluding hydrogens is 316 g/mol. The van der Waals surface area contributed by atoms with Gasteiger partial charge in [0.25, 0.3) is 0 Å². The molecule has 2 bridgehead atoms. The minimum absolute atomic E-state index is 0.332. The number of benzene rings is 2. The van der Waals surface area contributed by atoms with E-state index in [0.717, 1.165) is 41.2 Å². The Morgan fingerprint density at radius 1 is 0.880 bits per heavy atom. The predicted octanol–water partition coefficient (Wildman–Crippen LogP) is 4.39. The molecule has 0 amide bonds. The van der Waals surface area contributed by atoms with Crippen LogP contribution >= 0.6 is 0 Å². The molecule has 0 saturated heterocycles. The smallest absolute Gasteiger partial charge is 0.335 e. The van der Waals surface area contributed by atoms with Crippen molar-refractivity contribution >= 4 is 22.7 Å². The minimum atomic E-state index is -0.481. The van der Waals surface area contributed by atoms with Gasteiger partial charge in [0, 0.05) is 34.1 Å². The number of carbonyl (C=O) groups is 2. The van der Waals surface area contributed by atoms with Gasteiger partial charge in [0.15, 0.2) is 0 Å². The fraction of sp³-hybridized carbons (Fsp3) is 0.238. The number of rotatable bonds is 4. The Morgan fingerprint density at radius 3 is 1.72 bits per heavy atom. The monoisotopic (exact) mass is 334 g/mol. The quantitative estimate of drug-likeness (QED) is 0.473. The molecule has 0 radical (unpaired) electrons. The second-order valence-electron chi connectivity index (χ2n) is 6.49. The molecule has 2 unspecified atom stereocenters. The van der Waals surface area contributed by atoms with Crippen LogP contribution in [0.15, 0.2) is 49.6 Å². The highest BCUT2D eigenvalue weighted by Crippen LogP contribution is 2.61. The fourth-order valence-corrected chi connectivity index (χ4v) is 4.23. The third-order valence-corrected chi connectivity index (χ3v) is 5.18. The van der Waals surface area contributed by atoms with Gasteiger partial charge in [-0.05, 0) is 31.1 Å². The van der Waals surface area contributed by atoms with E-state index in [2.05, 4.69) is 13.2 Å². The molecule has 2 aromatic carbocycles. The first kappa shape index (κ1) is 15.6. The molecule has 2 aliphatic rings. The molecule has 0 spiro atoms. The number of fused-ring (bicyclic) bond motifs is 6. The Bertz CT molecular complexity index is 851. The number of hydrogen-bond acceptors (Lipinski definition) is 4. The molecular formula is C21H18O4. The summed E-state index contributed by atoms with van der Waals surface area (Å²) in [5.41, 5.74) is 2.02. The SMILES string of the molecule is C=CC(=O)Oc1c2c(c(OC(=O)C=C)c3ccccc13)C1CCC2C1. The van der Waals surface area contributed by atoms with Gasteiger partial charge >= 0.3 is 11.9 Å². The van der Waals surface area contributed by atoms with Crippen molar-refractivity contribution in [2.75, 3.05) is 0 Å². The van der Waals surface area contributed by atoms with Crippen molar-refractivity contribution < 1.29 is 19.1 Å². The van der Waals surface area contributed by atoms with Gasteiger partial charge in [-0.15, -0.1) is 0 Å². The van der Waals surface area contributed by atoms with Crippen molar-refractivity contribution in [2.45, 2.75) is 31.1 Å². The number of esters is 2. The van der Waals surface area contributed by atoms with E-state index in [4.69, 9.17) is 9.47 Å². The molecule has 126 valence electrons. The summed E-state index contributed by atoms with van der Waals surface area (Å²) in [5, 5.41) is 1.55. The zero-order valence-electron chi connectivity index (χ0n) is 13.8. The van der Waals surface area contributed by atoms with Crippen molar-refractivity contribution in [1.29, 1.82) is 0 Å². The van der Waals surface area contributed by atoms with Crippen LogP contribution in [0.1, 0.15) is 42.2 Å². The zero-order chi connectivity index (χ0) is 17.6. The molecule has 4 nitrogen and oxygen atoms in total. The van der Waals surface area contributed by atoms with Gasteiger partial charge in [-0.25, -0.2) is 9.59 Å². The van der Waals surface area contributed by atoms with Gasteiger partial charge in [-0.2, -0.15) is 0 Å². The number of ether oxygens (including phenoxy) is 2. The van der Waals surface area contributed by atoms with Gasteiger partial charge < -0.3 is 9.47 Å². The minimum Gasteiger partial charge on any atom is -0.422 e. The summed E-state index contributed by atoms with van der Waals surface area (Å²) in [7, 11) is 0. The van der Waals surface area contributed by atoms with Gasteiger partial charge in [0.1, 0.15) is 11.5 Å². The average Bonchev–Trinajstić information content (AvgIpc) is 3.25. The Kier molecular flexibility index (Phi) is 3.68. The standard InChI is InChI=1S/C21H18O4/c1-3-16(22)24-20-14-7-5-6-8-15(14)21(25-17(23)4-2)19-13-10-9-12(11-13)18(19)20/h3-8,12-13H,1-2,9-11H2. The Labute approximate surface area is 145 Å². The lowest BCUT2D eigenvalue weighted by Gasteiger charge is -2.23. The fourth-order valence-electron chi connectivity index (χ4n) is 4.23. The van der Waals surface area contributed by atoms with Crippen LogP contribution in [0.25, 0.3) is 10.8 Å². The average molecular weight is 334 g/mol. The van der Waals surface area contributed by atoms with Crippen LogP contribution in [0.2, 0.25) is 0 Å². The van der Waals surface area contributed by atoms with Crippen LogP contribution in [0.3, 0.4) is 0 Å². The van der Waals surface area contributed by atoms with Crippen LogP contribution in [-0.4, -0.2) is 11.9 Å². The topological polar surface area (TPSA) is 52.6 Å². The Hall–Kier alpha value is -2.88. The first-order valence-corrected chi connectivity index (χ1v) is 8.41. The molecule has 4 heteroatoms. The Balaban J connectivity index is 2.03. The highest BCUT2D eigenvalue weighted by atomic mass is 16.5. The van der Waals surface area contributed by atoms with Gasteiger partial charge in [-0.1, -0.05) is 37.4 Å². The zero-order valence-corrected chi connectivity index (χ0v) is 13.8. The van der Waals surface area contributed by atoms with E-state index in [1.54, 1.807) is 0 Å². The molecule has 0 N–H and O–H groups in total. The van der Waals surface area contributed by atoms with Crippen LogP contribution in [0.4, 0.5) is 0 Å². The van der Waals surface area contributed by atoms with E-state index in [1.807, 2.05) is 24.3 Å². The molecule has 0 aromatic heterocycles. The lowest BCUT2D eigenvalue weighted by atomic mass is 9.87. The van der Waals surface area contributed by atoms with E-state index >= 15 is 0 Å². The van der Waals surface area contributed by atoms with Crippen molar-refractivity contribution in [2.24, 2.45) is 0 Å². The summed E-state index contributed by atoms with van der Waals surface area (Å²) < 4.78 is 11.3. The molecule has 0 aliphatic heterocycles. The summed E-state index contributed by atoms with van der Waals surface area (Å²) in [6.45, 7) is 6.98. The van der Waals surface area contributed by atoms with Crippen molar-refractivity contribution in [3.05, 3.63) is 60.7 Å². The summed E-state index contributed by atoms with van der Waals surface area (Å²) in [6.07, 6.45) is 5.45. The summed E-state index contributed by atoms with van der Waals surface area (Å²) in [6, 6.07) is 7.54. The highest BCUT2D eigenvalue weighted by Gasteiger charge is 2.43. The van der Waals surface area contributed by atoms with Crippen LogP contribution in [0.5, 0.6) is 11.5 Å². The van der Waals surface area contributed by atoms with Gasteiger partial charge in [-0.3, -0.25) is 0 Å². The second kappa shape index (κ2) is 5.88.